The summed E-state index contributed by atoms with van der Waals surface area (Å²) >= 11 is 0. The third-order valence-electron chi connectivity index (χ3n) is 2.79. The Morgan fingerprint density at radius 2 is 2.18 bits per heavy atom. The Morgan fingerprint density at radius 1 is 1.35 bits per heavy atom. The number of rotatable bonds is 4. The Labute approximate surface area is 99.6 Å². The van der Waals surface area contributed by atoms with Crippen molar-refractivity contribution in [2.45, 2.75) is 13.0 Å². The second-order valence-corrected chi connectivity index (χ2v) is 3.91. The van der Waals surface area contributed by atoms with Crippen LogP contribution in [0.2, 0.25) is 0 Å². The van der Waals surface area contributed by atoms with Crippen molar-refractivity contribution in [2.24, 2.45) is 5.73 Å². The second-order valence-electron chi connectivity index (χ2n) is 3.91. The molecule has 4 nitrogen and oxygen atoms in total. The van der Waals surface area contributed by atoms with Gasteiger partial charge in [-0.05, 0) is 42.6 Å². The van der Waals surface area contributed by atoms with Gasteiger partial charge in [0, 0.05) is 18.1 Å². The van der Waals surface area contributed by atoms with Gasteiger partial charge in [0.2, 0.25) is 0 Å². The van der Waals surface area contributed by atoms with E-state index in [4.69, 9.17) is 10.5 Å². The van der Waals surface area contributed by atoms with Gasteiger partial charge >= 0.3 is 0 Å². The zero-order valence-corrected chi connectivity index (χ0v) is 9.85. The molecule has 0 fully saturated rings. The van der Waals surface area contributed by atoms with Gasteiger partial charge in [0.25, 0.3) is 5.56 Å². The van der Waals surface area contributed by atoms with E-state index in [1.165, 1.54) is 0 Å². The largest absolute Gasteiger partial charge is 0.497 e. The highest BCUT2D eigenvalue weighted by Gasteiger charge is 2.03. The minimum absolute atomic E-state index is 0.0265. The zero-order chi connectivity index (χ0) is 12.3. The van der Waals surface area contributed by atoms with E-state index in [2.05, 4.69) is 0 Å². The summed E-state index contributed by atoms with van der Waals surface area (Å²) in [6.45, 7) is 1.25. The van der Waals surface area contributed by atoms with Gasteiger partial charge in [0.15, 0.2) is 0 Å². The maximum absolute atomic E-state index is 12.1. The summed E-state index contributed by atoms with van der Waals surface area (Å²) in [5.74, 6) is 0.761. The fourth-order valence-electron chi connectivity index (χ4n) is 1.83. The van der Waals surface area contributed by atoms with Gasteiger partial charge in [-0.3, -0.25) is 4.79 Å². The van der Waals surface area contributed by atoms with Crippen LogP contribution in [0.15, 0.2) is 35.3 Å². The molecule has 0 bridgehead atoms. The SMILES string of the molecule is COc1ccc2c(=O)n(CCCN)ccc2c1. The van der Waals surface area contributed by atoms with Gasteiger partial charge in [-0.1, -0.05) is 0 Å². The third kappa shape index (κ3) is 2.31. The number of hydrogen-bond donors (Lipinski definition) is 1. The number of nitrogens with two attached hydrogens (primary N) is 1. The van der Waals surface area contributed by atoms with Gasteiger partial charge in [-0.2, -0.15) is 0 Å². The van der Waals surface area contributed by atoms with Crippen LogP contribution in [0, 0.1) is 0 Å². The van der Waals surface area contributed by atoms with Gasteiger partial charge in [0.1, 0.15) is 5.75 Å². The lowest BCUT2D eigenvalue weighted by molar-refractivity contribution is 0.415. The van der Waals surface area contributed by atoms with E-state index in [0.29, 0.717) is 18.5 Å². The van der Waals surface area contributed by atoms with Crippen molar-refractivity contribution in [1.29, 1.82) is 0 Å². The molecule has 0 atom stereocenters. The van der Waals surface area contributed by atoms with Crippen molar-refractivity contribution in [2.75, 3.05) is 13.7 Å². The van der Waals surface area contributed by atoms with Crippen LogP contribution in [-0.2, 0) is 6.54 Å². The fraction of sp³-hybridized carbons (Fsp3) is 0.308. The molecule has 2 N–H and O–H groups in total. The first-order valence-corrected chi connectivity index (χ1v) is 5.63. The number of hydrogen-bond acceptors (Lipinski definition) is 3. The lowest BCUT2D eigenvalue weighted by Crippen LogP contribution is -2.20. The summed E-state index contributed by atoms with van der Waals surface area (Å²) in [4.78, 5) is 12.1. The fourth-order valence-corrected chi connectivity index (χ4v) is 1.83. The summed E-state index contributed by atoms with van der Waals surface area (Å²) in [6.07, 6.45) is 2.61. The molecule has 0 radical (unpaired) electrons. The molecule has 0 spiro atoms. The van der Waals surface area contributed by atoms with Crippen LogP contribution in [0.5, 0.6) is 5.75 Å². The van der Waals surface area contributed by atoms with E-state index < -0.39 is 0 Å². The van der Waals surface area contributed by atoms with Crippen molar-refractivity contribution in [1.82, 2.24) is 4.57 Å². The number of nitrogens with zero attached hydrogens (tertiary/aromatic N) is 1. The van der Waals surface area contributed by atoms with Crippen LogP contribution >= 0.6 is 0 Å². The van der Waals surface area contributed by atoms with Crippen molar-refractivity contribution in [3.63, 3.8) is 0 Å². The van der Waals surface area contributed by atoms with E-state index >= 15 is 0 Å². The van der Waals surface area contributed by atoms with Crippen molar-refractivity contribution >= 4 is 10.8 Å². The molecular weight excluding hydrogens is 216 g/mol. The summed E-state index contributed by atoms with van der Waals surface area (Å²) in [6, 6.07) is 7.40. The minimum Gasteiger partial charge on any atom is -0.497 e. The number of ether oxygens (including phenoxy) is 1. The van der Waals surface area contributed by atoms with Crippen LogP contribution in [0.1, 0.15) is 6.42 Å². The molecular formula is C13H16N2O2. The van der Waals surface area contributed by atoms with E-state index in [-0.39, 0.29) is 5.56 Å². The van der Waals surface area contributed by atoms with Crippen molar-refractivity contribution in [3.8, 4) is 5.75 Å². The smallest absolute Gasteiger partial charge is 0.258 e. The summed E-state index contributed by atoms with van der Waals surface area (Å²) in [5, 5.41) is 1.61. The van der Waals surface area contributed by atoms with Gasteiger partial charge < -0.3 is 15.0 Å². The molecule has 0 aliphatic carbocycles. The maximum atomic E-state index is 12.1. The number of fused-ring (bicyclic) bond motifs is 1. The number of aryl methyl sites for hydroxylation is 1. The van der Waals surface area contributed by atoms with Gasteiger partial charge in [0.05, 0.1) is 7.11 Å². The minimum atomic E-state index is 0.0265. The first kappa shape index (κ1) is 11.7. The van der Waals surface area contributed by atoms with E-state index in [9.17, 15) is 4.79 Å². The standard InChI is InChI=1S/C13H16N2O2/c1-17-11-3-4-12-10(9-11)5-8-15(13(12)16)7-2-6-14/h3-5,8-9H,2,6-7,14H2,1H3. The quantitative estimate of drug-likeness (QED) is 0.866. The number of aromatic nitrogens is 1. The molecule has 0 amide bonds. The van der Waals surface area contributed by atoms with Crippen LogP contribution in [0.25, 0.3) is 10.8 Å². The molecule has 0 saturated carbocycles. The molecule has 0 aliphatic rings. The molecule has 1 aromatic heterocycles. The van der Waals surface area contributed by atoms with E-state index in [0.717, 1.165) is 17.6 Å². The average Bonchev–Trinajstić information content (AvgIpc) is 2.37. The Kier molecular flexibility index (Phi) is 3.44. The average molecular weight is 232 g/mol. The first-order chi connectivity index (χ1) is 8.26. The molecule has 90 valence electrons. The maximum Gasteiger partial charge on any atom is 0.258 e. The molecule has 1 heterocycles. The van der Waals surface area contributed by atoms with E-state index in [1.54, 1.807) is 30.0 Å². The number of pyridine rings is 1. The van der Waals surface area contributed by atoms with E-state index in [1.807, 2.05) is 12.1 Å². The lowest BCUT2D eigenvalue weighted by Gasteiger charge is -2.07. The van der Waals surface area contributed by atoms with Crippen LogP contribution in [-0.4, -0.2) is 18.2 Å². The topological polar surface area (TPSA) is 57.2 Å². The summed E-state index contributed by atoms with van der Waals surface area (Å²) in [5.41, 5.74) is 5.47. The third-order valence-corrected chi connectivity index (χ3v) is 2.79. The summed E-state index contributed by atoms with van der Waals surface area (Å²) in [7, 11) is 1.61. The Bertz CT molecular complexity index is 575. The molecule has 4 heteroatoms. The van der Waals surface area contributed by atoms with Crippen molar-refractivity contribution in [3.05, 3.63) is 40.8 Å². The normalized spacial score (nSPS) is 10.7. The Balaban J connectivity index is 2.49. The highest BCUT2D eigenvalue weighted by molar-refractivity contribution is 5.82. The molecule has 0 unspecified atom stereocenters. The predicted octanol–water partition coefficient (Wildman–Crippen LogP) is 1.36. The molecule has 0 aliphatic heterocycles. The molecule has 17 heavy (non-hydrogen) atoms. The molecule has 1 aromatic carbocycles. The lowest BCUT2D eigenvalue weighted by atomic mass is 10.1. The van der Waals surface area contributed by atoms with Crippen molar-refractivity contribution < 1.29 is 4.74 Å². The number of methoxy groups -OCH3 is 1. The highest BCUT2D eigenvalue weighted by atomic mass is 16.5. The van der Waals surface area contributed by atoms with Gasteiger partial charge in [-0.15, -0.1) is 0 Å². The Morgan fingerprint density at radius 3 is 2.88 bits per heavy atom. The molecule has 2 aromatic rings. The predicted molar refractivity (Wildman–Crippen MR) is 68.4 cm³/mol. The monoisotopic (exact) mass is 232 g/mol. The summed E-state index contributed by atoms with van der Waals surface area (Å²) < 4.78 is 6.83. The number of benzene rings is 1. The second kappa shape index (κ2) is 5.01. The molecule has 2 rings (SSSR count). The first-order valence-electron chi connectivity index (χ1n) is 5.63. The zero-order valence-electron chi connectivity index (χ0n) is 9.85. The van der Waals surface area contributed by atoms with Crippen LogP contribution < -0.4 is 16.0 Å². The van der Waals surface area contributed by atoms with Crippen LogP contribution in [0.4, 0.5) is 0 Å². The van der Waals surface area contributed by atoms with Crippen LogP contribution in [0.3, 0.4) is 0 Å². The molecule has 0 saturated heterocycles. The van der Waals surface area contributed by atoms with Gasteiger partial charge in [-0.25, -0.2) is 0 Å². The highest BCUT2D eigenvalue weighted by Crippen LogP contribution is 2.17. The Hall–Kier alpha value is -1.81.